The number of rotatable bonds is 7. The lowest BCUT2D eigenvalue weighted by atomic mass is 10.0. The van der Waals surface area contributed by atoms with Crippen LogP contribution in [0.1, 0.15) is 38.2 Å². The van der Waals surface area contributed by atoms with Gasteiger partial charge in [-0.2, -0.15) is 0 Å². The quantitative estimate of drug-likeness (QED) is 0.717. The summed E-state index contributed by atoms with van der Waals surface area (Å²) in [5, 5.41) is 3.87. The maximum Gasteiger partial charge on any atom is 0.223 e. The molecule has 0 radical (unpaired) electrons. The summed E-state index contributed by atoms with van der Waals surface area (Å²) in [7, 11) is 3.66. The van der Waals surface area contributed by atoms with Crippen LogP contribution in [0.2, 0.25) is 0 Å². The fourth-order valence-electron chi connectivity index (χ4n) is 3.90. The Kier molecular flexibility index (Phi) is 10.5. The van der Waals surface area contributed by atoms with Gasteiger partial charge in [0.25, 0.3) is 0 Å². The number of carbonyl (C=O) groups is 1. The van der Waals surface area contributed by atoms with Gasteiger partial charge in [-0.15, -0.1) is 24.8 Å². The molecule has 4 nitrogen and oxygen atoms in total. The smallest absolute Gasteiger partial charge is 0.223 e. The van der Waals surface area contributed by atoms with E-state index in [0.717, 1.165) is 19.6 Å². The molecule has 1 aliphatic heterocycles. The van der Waals surface area contributed by atoms with E-state index in [2.05, 4.69) is 53.5 Å². The van der Waals surface area contributed by atoms with E-state index < -0.39 is 0 Å². The molecule has 3 rings (SSSR count). The molecule has 0 bridgehead atoms. The second kappa shape index (κ2) is 11.8. The fourth-order valence-corrected chi connectivity index (χ4v) is 3.90. The van der Waals surface area contributed by atoms with Crippen molar-refractivity contribution in [2.24, 2.45) is 5.92 Å². The van der Waals surface area contributed by atoms with Gasteiger partial charge < -0.3 is 15.1 Å². The predicted molar refractivity (Wildman–Crippen MR) is 122 cm³/mol. The molecular formula is C22H35Cl2N3O. The molecule has 2 aliphatic rings. The second-order valence-electron chi connectivity index (χ2n) is 8.07. The molecule has 1 N–H and O–H groups in total. The van der Waals surface area contributed by atoms with E-state index in [9.17, 15) is 4.79 Å². The molecule has 1 amide bonds. The minimum atomic E-state index is 0. The zero-order chi connectivity index (χ0) is 18.5. The van der Waals surface area contributed by atoms with E-state index in [0.29, 0.717) is 24.4 Å². The molecular weight excluding hydrogens is 393 g/mol. The van der Waals surface area contributed by atoms with Gasteiger partial charge in [0.2, 0.25) is 5.91 Å². The Morgan fingerprint density at radius 3 is 2.43 bits per heavy atom. The van der Waals surface area contributed by atoms with Crippen LogP contribution in [0.4, 0.5) is 0 Å². The minimum Gasteiger partial charge on any atom is -0.349 e. The van der Waals surface area contributed by atoms with E-state index in [1.54, 1.807) is 4.90 Å². The molecule has 2 fully saturated rings. The maximum atomic E-state index is 11.7. The fraction of sp³-hybridized carbons (Fsp3) is 0.591. The number of nitrogens with zero attached hydrogens (tertiary/aromatic N) is 2. The van der Waals surface area contributed by atoms with Crippen molar-refractivity contribution in [3.8, 4) is 0 Å². The number of nitrogens with one attached hydrogen (secondary N) is 1. The second-order valence-corrected chi connectivity index (χ2v) is 8.07. The van der Waals surface area contributed by atoms with Crippen molar-refractivity contribution in [1.29, 1.82) is 0 Å². The first-order valence-corrected chi connectivity index (χ1v) is 9.94. The van der Waals surface area contributed by atoms with Gasteiger partial charge in [-0.1, -0.05) is 42.0 Å². The average Bonchev–Trinajstić information content (AvgIpc) is 3.41. The standard InChI is InChI=1S/C22H33N3O.2ClH/c1-17(15-18-7-5-4-6-8-18)20-16-21(20)23-19-9-12-25(13-10-19)14-11-22(26)24(2)3;;/h4-8,15,19-21,23H,9-14,16H2,1-3H3;2*1H/b17-15+;;. The summed E-state index contributed by atoms with van der Waals surface area (Å²) in [4.78, 5) is 15.8. The SMILES string of the molecule is C/C(=C\c1ccccc1)C1CC1NC1CCN(CCC(=O)N(C)C)CC1.Cl.Cl. The molecule has 28 heavy (non-hydrogen) atoms. The molecule has 6 heteroatoms. The first-order chi connectivity index (χ1) is 12.5. The minimum absolute atomic E-state index is 0. The zero-order valence-corrected chi connectivity index (χ0v) is 18.9. The number of hydrogen-bond acceptors (Lipinski definition) is 3. The van der Waals surface area contributed by atoms with Gasteiger partial charge in [-0.05, 0) is 50.8 Å². The van der Waals surface area contributed by atoms with Crippen molar-refractivity contribution in [3.05, 3.63) is 41.5 Å². The molecule has 1 aliphatic carbocycles. The third kappa shape index (κ3) is 7.40. The van der Waals surface area contributed by atoms with Crippen LogP contribution >= 0.6 is 24.8 Å². The Morgan fingerprint density at radius 1 is 1.18 bits per heavy atom. The van der Waals surface area contributed by atoms with Crippen molar-refractivity contribution in [1.82, 2.24) is 15.1 Å². The van der Waals surface area contributed by atoms with Crippen LogP contribution < -0.4 is 5.32 Å². The van der Waals surface area contributed by atoms with Gasteiger partial charge in [0.15, 0.2) is 0 Å². The van der Waals surface area contributed by atoms with E-state index >= 15 is 0 Å². The molecule has 158 valence electrons. The number of carbonyl (C=O) groups excluding carboxylic acids is 1. The number of piperidine rings is 1. The molecule has 0 spiro atoms. The molecule has 1 saturated carbocycles. The summed E-state index contributed by atoms with van der Waals surface area (Å²) in [6, 6.07) is 11.9. The molecule has 2 atom stereocenters. The molecule has 1 aromatic rings. The van der Waals surface area contributed by atoms with Crippen LogP contribution in [0.15, 0.2) is 35.9 Å². The number of benzene rings is 1. The Bertz CT molecular complexity index is 628. The third-order valence-corrected chi connectivity index (χ3v) is 5.75. The number of likely N-dealkylation sites (tertiary alicyclic amines) is 1. The summed E-state index contributed by atoms with van der Waals surface area (Å²) < 4.78 is 0. The van der Waals surface area contributed by atoms with Gasteiger partial charge in [0, 0.05) is 39.1 Å². The first-order valence-electron chi connectivity index (χ1n) is 9.94. The van der Waals surface area contributed by atoms with Crippen molar-refractivity contribution >= 4 is 36.8 Å². The van der Waals surface area contributed by atoms with E-state index in [-0.39, 0.29) is 30.7 Å². The Labute approximate surface area is 182 Å². The largest absolute Gasteiger partial charge is 0.349 e. The van der Waals surface area contributed by atoms with E-state index in [1.807, 2.05) is 14.1 Å². The van der Waals surface area contributed by atoms with Crippen molar-refractivity contribution in [2.45, 2.75) is 44.7 Å². The Balaban J connectivity index is 0.00000196. The van der Waals surface area contributed by atoms with Gasteiger partial charge in [-0.3, -0.25) is 4.79 Å². The van der Waals surface area contributed by atoms with Crippen LogP contribution in [0.5, 0.6) is 0 Å². The molecule has 1 saturated heterocycles. The number of hydrogen-bond donors (Lipinski definition) is 1. The van der Waals surface area contributed by atoms with E-state index in [1.165, 1.54) is 30.4 Å². The lowest BCUT2D eigenvalue weighted by Gasteiger charge is -2.32. The van der Waals surface area contributed by atoms with E-state index in [4.69, 9.17) is 0 Å². The Hall–Kier alpha value is -1.07. The predicted octanol–water partition coefficient (Wildman–Crippen LogP) is 3.85. The summed E-state index contributed by atoms with van der Waals surface area (Å²) >= 11 is 0. The zero-order valence-electron chi connectivity index (χ0n) is 17.3. The first kappa shape index (κ1) is 25.0. The van der Waals surface area contributed by atoms with Crippen molar-refractivity contribution in [2.75, 3.05) is 33.7 Å². The summed E-state index contributed by atoms with van der Waals surface area (Å²) in [5.41, 5.74) is 2.80. The van der Waals surface area contributed by atoms with Crippen LogP contribution in [-0.2, 0) is 4.79 Å². The molecule has 0 aromatic heterocycles. The monoisotopic (exact) mass is 427 g/mol. The molecule has 1 heterocycles. The highest BCUT2D eigenvalue weighted by Crippen LogP contribution is 2.38. The number of halogens is 2. The van der Waals surface area contributed by atoms with Gasteiger partial charge in [0.05, 0.1) is 0 Å². The topological polar surface area (TPSA) is 35.6 Å². The maximum absolute atomic E-state index is 11.7. The van der Waals surface area contributed by atoms with Gasteiger partial charge in [0.1, 0.15) is 0 Å². The third-order valence-electron chi connectivity index (χ3n) is 5.75. The number of amides is 1. The highest BCUT2D eigenvalue weighted by atomic mass is 35.5. The van der Waals surface area contributed by atoms with Crippen molar-refractivity contribution in [3.63, 3.8) is 0 Å². The van der Waals surface area contributed by atoms with Crippen LogP contribution in [0, 0.1) is 5.92 Å². The summed E-state index contributed by atoms with van der Waals surface area (Å²) in [6.45, 7) is 5.38. The van der Waals surface area contributed by atoms with Crippen LogP contribution in [0.25, 0.3) is 6.08 Å². The normalized spacial score (nSPS) is 22.8. The average molecular weight is 428 g/mol. The highest BCUT2D eigenvalue weighted by molar-refractivity contribution is 5.85. The lowest BCUT2D eigenvalue weighted by molar-refractivity contribution is -0.129. The van der Waals surface area contributed by atoms with Gasteiger partial charge in [-0.25, -0.2) is 0 Å². The Morgan fingerprint density at radius 2 is 1.82 bits per heavy atom. The highest BCUT2D eigenvalue weighted by Gasteiger charge is 2.39. The molecule has 2 unspecified atom stereocenters. The van der Waals surface area contributed by atoms with Crippen LogP contribution in [-0.4, -0.2) is 61.5 Å². The lowest BCUT2D eigenvalue weighted by Crippen LogP contribution is -2.44. The summed E-state index contributed by atoms with van der Waals surface area (Å²) in [6.07, 6.45) is 6.63. The molecule has 1 aromatic carbocycles. The van der Waals surface area contributed by atoms with Crippen LogP contribution in [0.3, 0.4) is 0 Å². The summed E-state index contributed by atoms with van der Waals surface area (Å²) in [5.74, 6) is 0.928. The van der Waals surface area contributed by atoms with Crippen molar-refractivity contribution < 1.29 is 4.79 Å². The van der Waals surface area contributed by atoms with Gasteiger partial charge >= 0.3 is 0 Å².